The maximum atomic E-state index is 12.8. The Balaban J connectivity index is 1.62. The predicted molar refractivity (Wildman–Crippen MR) is 100 cm³/mol. The van der Waals surface area contributed by atoms with E-state index in [0.29, 0.717) is 49.6 Å². The summed E-state index contributed by atoms with van der Waals surface area (Å²) in [5.41, 5.74) is 3.12. The number of aliphatic carboxylic acids is 1. The zero-order valence-corrected chi connectivity index (χ0v) is 15.9. The highest BCUT2D eigenvalue weighted by Gasteiger charge is 2.25. The average Bonchev–Trinajstić information content (AvgIpc) is 3.19. The van der Waals surface area contributed by atoms with Gasteiger partial charge in [-0.3, -0.25) is 9.59 Å². The summed E-state index contributed by atoms with van der Waals surface area (Å²) in [4.78, 5) is 29.5. The van der Waals surface area contributed by atoms with Crippen molar-refractivity contribution in [3.63, 3.8) is 0 Å². The van der Waals surface area contributed by atoms with Gasteiger partial charge in [-0.15, -0.1) is 11.3 Å². The molecule has 0 bridgehead atoms. The molecule has 0 unspecified atom stereocenters. The molecule has 0 atom stereocenters. The lowest BCUT2D eigenvalue weighted by Crippen LogP contribution is -2.38. The number of benzene rings is 1. The van der Waals surface area contributed by atoms with Crippen LogP contribution in [0.4, 0.5) is 0 Å². The van der Waals surface area contributed by atoms with Gasteiger partial charge < -0.3 is 19.5 Å². The van der Waals surface area contributed by atoms with Crippen LogP contribution >= 0.6 is 11.3 Å². The Morgan fingerprint density at radius 3 is 2.70 bits per heavy atom. The molecule has 144 valence electrons. The van der Waals surface area contributed by atoms with E-state index >= 15 is 0 Å². The molecule has 1 aliphatic rings. The van der Waals surface area contributed by atoms with Gasteiger partial charge in [-0.05, 0) is 37.0 Å². The number of carbonyl (C=O) groups excluding carboxylic acids is 1. The summed E-state index contributed by atoms with van der Waals surface area (Å²) in [6, 6.07) is 5.14. The van der Waals surface area contributed by atoms with Crippen LogP contribution in [-0.2, 0) is 11.4 Å². The average molecular weight is 390 g/mol. The molecule has 1 saturated heterocycles. The second-order valence-electron chi connectivity index (χ2n) is 6.47. The van der Waals surface area contributed by atoms with Crippen molar-refractivity contribution in [1.29, 1.82) is 0 Å². The number of nitrogens with zero attached hydrogens (tertiary/aromatic N) is 2. The minimum atomic E-state index is -0.780. The molecule has 0 radical (unpaired) electrons. The lowest BCUT2D eigenvalue weighted by Gasteiger charge is -2.31. The highest BCUT2D eigenvalue weighted by atomic mass is 32.1. The van der Waals surface area contributed by atoms with Crippen molar-refractivity contribution in [3.8, 4) is 11.5 Å². The summed E-state index contributed by atoms with van der Waals surface area (Å²) >= 11 is 1.50. The summed E-state index contributed by atoms with van der Waals surface area (Å²) in [6.07, 6.45) is 1.59. The molecule has 3 rings (SSSR count). The monoisotopic (exact) mass is 390 g/mol. The van der Waals surface area contributed by atoms with Gasteiger partial charge in [0.15, 0.2) is 11.5 Å². The Labute approximate surface area is 161 Å². The first-order chi connectivity index (χ1) is 13.1. The van der Waals surface area contributed by atoms with Crippen LogP contribution in [0, 0.1) is 5.92 Å². The van der Waals surface area contributed by atoms with E-state index in [1.165, 1.54) is 18.4 Å². The Bertz CT molecular complexity index is 785. The van der Waals surface area contributed by atoms with Crippen molar-refractivity contribution in [3.05, 3.63) is 40.3 Å². The van der Waals surface area contributed by atoms with E-state index in [1.807, 2.05) is 5.38 Å². The van der Waals surface area contributed by atoms with Gasteiger partial charge >= 0.3 is 5.97 Å². The van der Waals surface area contributed by atoms with Crippen molar-refractivity contribution in [1.82, 2.24) is 9.88 Å². The van der Waals surface area contributed by atoms with Crippen LogP contribution in [0.15, 0.2) is 29.1 Å². The summed E-state index contributed by atoms with van der Waals surface area (Å²) in [7, 11) is 1.54. The number of carboxylic acid groups (broad SMARTS) is 1. The molecular formula is C19H22N2O5S. The van der Waals surface area contributed by atoms with Crippen LogP contribution in [-0.4, -0.2) is 47.1 Å². The maximum Gasteiger partial charge on any atom is 0.303 e. The van der Waals surface area contributed by atoms with Crippen LogP contribution < -0.4 is 9.47 Å². The first kappa shape index (κ1) is 19.2. The second kappa shape index (κ2) is 8.85. The predicted octanol–water partition coefficient (Wildman–Crippen LogP) is 3.06. The minimum Gasteiger partial charge on any atom is -0.493 e. The van der Waals surface area contributed by atoms with E-state index in [4.69, 9.17) is 14.6 Å². The van der Waals surface area contributed by atoms with Gasteiger partial charge in [-0.25, -0.2) is 4.98 Å². The Morgan fingerprint density at radius 1 is 1.30 bits per heavy atom. The molecule has 0 spiro atoms. The summed E-state index contributed by atoms with van der Waals surface area (Å²) in [5, 5.41) is 10.8. The van der Waals surface area contributed by atoms with Crippen LogP contribution in [0.25, 0.3) is 0 Å². The Morgan fingerprint density at radius 2 is 2.07 bits per heavy atom. The normalized spacial score (nSPS) is 14.8. The Kier molecular flexibility index (Phi) is 6.28. The van der Waals surface area contributed by atoms with Crippen LogP contribution in [0.5, 0.6) is 11.5 Å². The van der Waals surface area contributed by atoms with Gasteiger partial charge in [0.2, 0.25) is 0 Å². The molecule has 1 aliphatic heterocycles. The number of ether oxygens (including phenoxy) is 2. The van der Waals surface area contributed by atoms with Crippen molar-refractivity contribution >= 4 is 23.2 Å². The molecule has 27 heavy (non-hydrogen) atoms. The molecule has 1 fully saturated rings. The third-order valence-electron chi connectivity index (χ3n) is 4.63. The van der Waals surface area contributed by atoms with Gasteiger partial charge in [0.25, 0.3) is 5.91 Å². The number of carbonyl (C=O) groups is 2. The molecule has 1 aromatic heterocycles. The van der Waals surface area contributed by atoms with E-state index in [9.17, 15) is 9.59 Å². The summed E-state index contributed by atoms with van der Waals surface area (Å²) < 4.78 is 11.1. The van der Waals surface area contributed by atoms with Gasteiger partial charge in [0.1, 0.15) is 6.61 Å². The van der Waals surface area contributed by atoms with Crippen LogP contribution in [0.2, 0.25) is 0 Å². The van der Waals surface area contributed by atoms with Crippen LogP contribution in [0.3, 0.4) is 0 Å². The largest absolute Gasteiger partial charge is 0.493 e. The highest BCUT2D eigenvalue weighted by molar-refractivity contribution is 7.07. The number of thiazole rings is 1. The number of hydrogen-bond acceptors (Lipinski definition) is 6. The van der Waals surface area contributed by atoms with E-state index in [2.05, 4.69) is 4.98 Å². The SMILES string of the molecule is COc1cc(C(=O)N2CCC(CC(=O)O)CC2)ccc1OCc1cscn1. The number of piperidine rings is 1. The van der Waals surface area contributed by atoms with Gasteiger partial charge in [-0.2, -0.15) is 0 Å². The minimum absolute atomic E-state index is 0.0758. The molecule has 8 heteroatoms. The molecule has 0 aliphatic carbocycles. The fraction of sp³-hybridized carbons (Fsp3) is 0.421. The third kappa shape index (κ3) is 4.97. The highest BCUT2D eigenvalue weighted by Crippen LogP contribution is 2.30. The molecule has 1 aromatic carbocycles. The molecule has 0 saturated carbocycles. The lowest BCUT2D eigenvalue weighted by atomic mass is 9.93. The van der Waals surface area contributed by atoms with Crippen molar-refractivity contribution < 1.29 is 24.2 Å². The molecule has 1 amide bonds. The first-order valence-corrected chi connectivity index (χ1v) is 9.70. The second-order valence-corrected chi connectivity index (χ2v) is 7.19. The maximum absolute atomic E-state index is 12.8. The van der Waals surface area contributed by atoms with Gasteiger partial charge in [0.05, 0.1) is 18.3 Å². The van der Waals surface area contributed by atoms with E-state index in [0.717, 1.165) is 5.69 Å². The third-order valence-corrected chi connectivity index (χ3v) is 5.27. The quantitative estimate of drug-likeness (QED) is 0.782. The lowest BCUT2D eigenvalue weighted by molar-refractivity contribution is -0.138. The first-order valence-electron chi connectivity index (χ1n) is 8.75. The van der Waals surface area contributed by atoms with Gasteiger partial charge in [-0.1, -0.05) is 0 Å². The number of methoxy groups -OCH3 is 1. The Hall–Kier alpha value is -2.61. The number of aromatic nitrogens is 1. The molecule has 2 heterocycles. The van der Waals surface area contributed by atoms with Gasteiger partial charge in [0, 0.05) is 30.5 Å². The molecular weight excluding hydrogens is 368 g/mol. The zero-order valence-electron chi connectivity index (χ0n) is 15.1. The number of hydrogen-bond donors (Lipinski definition) is 1. The number of carboxylic acids is 1. The zero-order chi connectivity index (χ0) is 19.2. The topological polar surface area (TPSA) is 89.0 Å². The number of amides is 1. The van der Waals surface area contributed by atoms with E-state index in [-0.39, 0.29) is 18.2 Å². The van der Waals surface area contributed by atoms with Crippen LogP contribution in [0.1, 0.15) is 35.3 Å². The fourth-order valence-electron chi connectivity index (χ4n) is 3.15. The van der Waals surface area contributed by atoms with E-state index in [1.54, 1.807) is 28.6 Å². The summed E-state index contributed by atoms with van der Waals surface area (Å²) in [6.45, 7) is 1.48. The fourth-order valence-corrected chi connectivity index (χ4v) is 3.69. The standard InChI is InChI=1S/C19H22N2O5S/c1-25-17-9-14(2-3-16(17)26-10-15-11-27-12-20-15)19(24)21-6-4-13(5-7-21)8-18(22)23/h2-3,9,11-13H,4-8,10H2,1H3,(H,22,23). The van der Waals surface area contributed by atoms with E-state index < -0.39 is 5.97 Å². The number of likely N-dealkylation sites (tertiary alicyclic amines) is 1. The van der Waals surface area contributed by atoms with Crippen molar-refractivity contribution in [2.75, 3.05) is 20.2 Å². The molecule has 1 N–H and O–H groups in total. The van der Waals surface area contributed by atoms with Crippen molar-refractivity contribution in [2.24, 2.45) is 5.92 Å². The number of rotatable bonds is 7. The smallest absolute Gasteiger partial charge is 0.303 e. The summed E-state index contributed by atoms with van der Waals surface area (Å²) in [5.74, 6) is 0.340. The van der Waals surface area contributed by atoms with Crippen molar-refractivity contribution in [2.45, 2.75) is 25.9 Å². The molecule has 2 aromatic rings. The molecule has 7 nitrogen and oxygen atoms in total.